The fraction of sp³-hybridized carbons (Fsp3) is 0.564. The highest BCUT2D eigenvalue weighted by Crippen LogP contribution is 2.62. The van der Waals surface area contributed by atoms with Gasteiger partial charge in [0, 0.05) is 48.2 Å². The fourth-order valence-corrected chi connectivity index (χ4v) is 15.0. The van der Waals surface area contributed by atoms with Gasteiger partial charge >= 0.3 is 0 Å². The molecule has 1 aromatic carbocycles. The summed E-state index contributed by atoms with van der Waals surface area (Å²) in [6.07, 6.45) is 44.0. The number of allylic oxidation sites excluding steroid dienone is 13. The zero-order valence-electron chi connectivity index (χ0n) is 37.1. The van der Waals surface area contributed by atoms with Crippen molar-refractivity contribution in [3.63, 3.8) is 0 Å². The lowest BCUT2D eigenvalue weighted by molar-refractivity contribution is 0.0782. The Morgan fingerprint density at radius 3 is 2.44 bits per heavy atom. The topological polar surface area (TPSA) is 51.8 Å². The maximum atomic E-state index is 6.85. The Hall–Kier alpha value is -3.84. The largest absolute Gasteiger partial charge is 0.458 e. The van der Waals surface area contributed by atoms with Crippen LogP contribution in [0.3, 0.4) is 0 Å². The number of fused-ring (bicyclic) bond motifs is 6. The number of ether oxygens (including phenoxy) is 1. The average molecular weight is 816 g/mol. The number of para-hydroxylation sites is 2. The number of hydrogen-bond donors (Lipinski definition) is 3. The maximum absolute atomic E-state index is 6.85. The maximum Gasteiger partial charge on any atom is 0.150 e. The van der Waals surface area contributed by atoms with Crippen LogP contribution >= 0.6 is 0 Å². The van der Waals surface area contributed by atoms with E-state index in [0.717, 1.165) is 69.0 Å². The molecule has 6 heteroatoms. The van der Waals surface area contributed by atoms with Gasteiger partial charge in [-0.1, -0.05) is 97.9 Å². The summed E-state index contributed by atoms with van der Waals surface area (Å²) in [5, 5.41) is 13.2. The summed E-state index contributed by atoms with van der Waals surface area (Å²) in [6, 6.07) is 9.80. The molecular formula is C55H69N5O. The van der Waals surface area contributed by atoms with Crippen LogP contribution in [0.5, 0.6) is 5.75 Å². The van der Waals surface area contributed by atoms with Crippen molar-refractivity contribution in [2.24, 2.45) is 40.9 Å². The third kappa shape index (κ3) is 6.34. The van der Waals surface area contributed by atoms with Crippen molar-refractivity contribution >= 4 is 5.69 Å². The predicted molar refractivity (Wildman–Crippen MR) is 248 cm³/mol. The highest BCUT2D eigenvalue weighted by Gasteiger charge is 2.57. The fourth-order valence-electron chi connectivity index (χ4n) is 15.0. The van der Waals surface area contributed by atoms with Crippen molar-refractivity contribution in [2.45, 2.75) is 154 Å². The van der Waals surface area contributed by atoms with Gasteiger partial charge in [0.1, 0.15) is 5.76 Å². The van der Waals surface area contributed by atoms with Gasteiger partial charge in [-0.2, -0.15) is 0 Å². The molecule has 2 fully saturated rings. The van der Waals surface area contributed by atoms with E-state index in [9.17, 15) is 0 Å². The van der Waals surface area contributed by atoms with E-state index >= 15 is 0 Å². The summed E-state index contributed by atoms with van der Waals surface area (Å²) in [6.45, 7) is 7.67. The third-order valence-corrected chi connectivity index (χ3v) is 17.7. The second-order valence-corrected chi connectivity index (χ2v) is 21.1. The van der Waals surface area contributed by atoms with Gasteiger partial charge in [0.15, 0.2) is 5.75 Å². The normalized spacial score (nSPS) is 38.6. The lowest BCUT2D eigenvalue weighted by Crippen LogP contribution is -2.73. The van der Waals surface area contributed by atoms with Crippen LogP contribution in [0.4, 0.5) is 5.69 Å². The standard InChI is InChI=1S/C55H69N5O/c1-34-32-40(54-57-52(35-18-5-4-6-19-35)56-53(58-54)39-23-17-25-42-51(39)38-22-7-10-24-41(38)55(42,2)3)48(60-45-28-13-15-30-49(45)61-50-31-16-14-29-46(50)60)33-47(34)59-43-26-11-8-20-36(43)37-21-9-12-27-44(37)59/h5,7-10,13,15,18-21,25,28,30,36,38-41,43,48,51-54,56-58H,4,6,11-12,14,16-17,22-24,26-27,29,31-33H2,1-3H3. The molecule has 11 unspecified atom stereocenters. The van der Waals surface area contributed by atoms with Crippen molar-refractivity contribution in [2.75, 3.05) is 4.90 Å². The molecule has 11 atom stereocenters. The van der Waals surface area contributed by atoms with Crippen LogP contribution < -0.4 is 25.6 Å². The summed E-state index contributed by atoms with van der Waals surface area (Å²) < 4.78 is 6.85. The molecule has 3 N–H and O–H groups in total. The molecule has 61 heavy (non-hydrogen) atoms. The summed E-state index contributed by atoms with van der Waals surface area (Å²) in [5.41, 5.74) is 12.6. The molecule has 3 heterocycles. The highest BCUT2D eigenvalue weighted by atomic mass is 16.5. The van der Waals surface area contributed by atoms with E-state index in [4.69, 9.17) is 4.74 Å². The second-order valence-electron chi connectivity index (χ2n) is 21.1. The Kier molecular flexibility index (Phi) is 9.83. The molecule has 6 nitrogen and oxygen atoms in total. The molecule has 0 spiro atoms. The van der Waals surface area contributed by atoms with Crippen LogP contribution in [0.25, 0.3) is 0 Å². The van der Waals surface area contributed by atoms with Crippen LogP contribution in [-0.2, 0) is 0 Å². The van der Waals surface area contributed by atoms with E-state index in [1.807, 2.05) is 0 Å². The number of benzene rings is 1. The quantitative estimate of drug-likeness (QED) is 0.258. The van der Waals surface area contributed by atoms with Crippen LogP contribution in [0.15, 0.2) is 130 Å². The average Bonchev–Trinajstić information content (AvgIpc) is 3.76. The molecule has 0 amide bonds. The Labute approximate surface area is 365 Å². The molecule has 11 aliphatic rings. The zero-order valence-corrected chi connectivity index (χ0v) is 37.1. The van der Waals surface area contributed by atoms with Crippen molar-refractivity contribution in [3.8, 4) is 5.75 Å². The van der Waals surface area contributed by atoms with Gasteiger partial charge in [-0.3, -0.25) is 16.0 Å². The highest BCUT2D eigenvalue weighted by molar-refractivity contribution is 5.67. The first-order chi connectivity index (χ1) is 29.9. The summed E-state index contributed by atoms with van der Waals surface area (Å²) in [5.74, 6) is 5.75. The van der Waals surface area contributed by atoms with Gasteiger partial charge in [-0.05, 0) is 149 Å². The van der Waals surface area contributed by atoms with Crippen molar-refractivity contribution in [1.82, 2.24) is 20.9 Å². The number of hydrogen-bond acceptors (Lipinski definition) is 6. The second kappa shape index (κ2) is 15.5. The minimum absolute atomic E-state index is 0.112. The molecule has 320 valence electrons. The lowest BCUT2D eigenvalue weighted by atomic mass is 9.70. The number of anilines is 1. The Balaban J connectivity index is 0.971. The minimum atomic E-state index is 0.112. The minimum Gasteiger partial charge on any atom is -0.458 e. The Morgan fingerprint density at radius 2 is 1.54 bits per heavy atom. The van der Waals surface area contributed by atoms with Crippen molar-refractivity contribution in [3.05, 3.63) is 130 Å². The SMILES string of the molecule is CC1=C(N2C3=C(C=CCC3)C3C=CCCC32)CC(N2C3=C(CCCC3)Oc3ccccc32)C(C2NC(C3=CCCC=C3)NC(C3CCC=C4C3C3CC=CCC3C4(C)C)N2)C1. The number of rotatable bonds is 5. The lowest BCUT2D eigenvalue weighted by Gasteiger charge is -2.54. The molecule has 0 aromatic heterocycles. The first-order valence-corrected chi connectivity index (χ1v) is 24.8. The molecular weight excluding hydrogens is 747 g/mol. The van der Waals surface area contributed by atoms with Gasteiger partial charge in [0.05, 0.1) is 29.9 Å². The summed E-state index contributed by atoms with van der Waals surface area (Å²) in [4.78, 5) is 5.78. The number of nitrogens with zero attached hydrogens (tertiary/aromatic N) is 2. The van der Waals surface area contributed by atoms with Crippen LogP contribution in [0.1, 0.15) is 124 Å². The van der Waals surface area contributed by atoms with E-state index in [1.54, 1.807) is 28.1 Å². The molecule has 8 aliphatic carbocycles. The van der Waals surface area contributed by atoms with Crippen molar-refractivity contribution < 1.29 is 4.74 Å². The van der Waals surface area contributed by atoms with Gasteiger partial charge < -0.3 is 14.5 Å². The van der Waals surface area contributed by atoms with Gasteiger partial charge in [-0.15, -0.1) is 0 Å². The monoisotopic (exact) mass is 816 g/mol. The van der Waals surface area contributed by atoms with Gasteiger partial charge in [0.25, 0.3) is 0 Å². The van der Waals surface area contributed by atoms with Crippen LogP contribution in [0.2, 0.25) is 0 Å². The Bertz CT molecular complexity index is 2230. The van der Waals surface area contributed by atoms with E-state index < -0.39 is 0 Å². The van der Waals surface area contributed by atoms with Gasteiger partial charge in [0.2, 0.25) is 0 Å². The van der Waals surface area contributed by atoms with Crippen molar-refractivity contribution in [1.29, 1.82) is 0 Å². The molecule has 3 aliphatic heterocycles. The van der Waals surface area contributed by atoms with E-state index in [1.165, 1.54) is 74.1 Å². The van der Waals surface area contributed by atoms with Crippen LogP contribution in [0, 0.1) is 40.9 Å². The zero-order chi connectivity index (χ0) is 40.8. The molecule has 1 aromatic rings. The van der Waals surface area contributed by atoms with E-state index in [0.29, 0.717) is 29.7 Å². The number of nitrogens with one attached hydrogen (secondary N) is 3. The first-order valence-electron chi connectivity index (χ1n) is 24.8. The third-order valence-electron chi connectivity index (χ3n) is 17.7. The van der Waals surface area contributed by atoms with E-state index in [-0.39, 0.29) is 30.0 Å². The molecule has 12 rings (SSSR count). The summed E-state index contributed by atoms with van der Waals surface area (Å²) >= 11 is 0. The molecule has 1 saturated heterocycles. The first kappa shape index (κ1) is 38.8. The Morgan fingerprint density at radius 1 is 0.689 bits per heavy atom. The molecule has 1 saturated carbocycles. The molecule has 0 bridgehead atoms. The van der Waals surface area contributed by atoms with Gasteiger partial charge in [-0.25, -0.2) is 0 Å². The molecule has 0 radical (unpaired) electrons. The smallest absolute Gasteiger partial charge is 0.150 e. The van der Waals surface area contributed by atoms with E-state index in [2.05, 4.69) is 132 Å². The van der Waals surface area contributed by atoms with Crippen LogP contribution in [-0.4, -0.2) is 35.5 Å². The summed E-state index contributed by atoms with van der Waals surface area (Å²) in [7, 11) is 0. The predicted octanol–water partition coefficient (Wildman–Crippen LogP) is 11.6.